The Morgan fingerprint density at radius 3 is 2.61 bits per heavy atom. The molecule has 0 unspecified atom stereocenters. The highest BCUT2D eigenvalue weighted by Gasteiger charge is 2.14. The van der Waals surface area contributed by atoms with Gasteiger partial charge in [0.2, 0.25) is 0 Å². The Labute approximate surface area is 105 Å². The predicted molar refractivity (Wildman–Crippen MR) is 69.2 cm³/mol. The number of nitrogens with zero attached hydrogens (tertiary/aromatic N) is 1. The van der Waals surface area contributed by atoms with E-state index in [1.807, 2.05) is 30.3 Å². The first kappa shape index (κ1) is 12.4. The molecule has 0 saturated heterocycles. The molecular formula is C12H13BN2O3. The van der Waals surface area contributed by atoms with Gasteiger partial charge in [0.1, 0.15) is 6.61 Å². The highest BCUT2D eigenvalue weighted by atomic mass is 16.5. The molecule has 1 heterocycles. The molecule has 92 valence electrons. The van der Waals surface area contributed by atoms with Crippen LogP contribution in [0.25, 0.3) is 0 Å². The summed E-state index contributed by atoms with van der Waals surface area (Å²) in [6.45, 7) is 0.345. The summed E-state index contributed by atoms with van der Waals surface area (Å²) >= 11 is 0. The molecule has 0 saturated carbocycles. The summed E-state index contributed by atoms with van der Waals surface area (Å²) in [5.41, 5.74) is 6.89. The zero-order valence-electron chi connectivity index (χ0n) is 9.65. The third-order valence-electron chi connectivity index (χ3n) is 2.44. The fraction of sp³-hybridized carbons (Fsp3) is 0.0833. The topological polar surface area (TPSA) is 88.6 Å². The Hall–Kier alpha value is -2.05. The molecule has 0 fully saturated rings. The van der Waals surface area contributed by atoms with E-state index in [0.29, 0.717) is 12.4 Å². The molecule has 0 radical (unpaired) electrons. The number of pyridine rings is 1. The minimum Gasteiger partial charge on any atom is -0.485 e. The number of ether oxygens (including phenoxy) is 1. The van der Waals surface area contributed by atoms with E-state index < -0.39 is 7.12 Å². The van der Waals surface area contributed by atoms with E-state index >= 15 is 0 Å². The molecule has 5 nitrogen and oxygen atoms in total. The van der Waals surface area contributed by atoms with Crippen molar-refractivity contribution in [2.45, 2.75) is 6.61 Å². The summed E-state index contributed by atoms with van der Waals surface area (Å²) < 4.78 is 5.50. The van der Waals surface area contributed by atoms with Crippen LogP contribution in [-0.4, -0.2) is 22.2 Å². The van der Waals surface area contributed by atoms with E-state index in [1.165, 1.54) is 12.3 Å². The van der Waals surface area contributed by atoms with Gasteiger partial charge in [-0.2, -0.15) is 0 Å². The van der Waals surface area contributed by atoms with Crippen LogP contribution in [-0.2, 0) is 6.61 Å². The van der Waals surface area contributed by atoms with Gasteiger partial charge >= 0.3 is 7.12 Å². The van der Waals surface area contributed by atoms with Crippen molar-refractivity contribution in [3.63, 3.8) is 0 Å². The lowest BCUT2D eigenvalue weighted by molar-refractivity contribution is 0.307. The van der Waals surface area contributed by atoms with Gasteiger partial charge in [-0.15, -0.1) is 0 Å². The maximum atomic E-state index is 9.04. The first-order chi connectivity index (χ1) is 8.66. The molecule has 0 aliphatic heterocycles. The van der Waals surface area contributed by atoms with Gasteiger partial charge in [0.05, 0.1) is 0 Å². The number of hydrogen-bond acceptors (Lipinski definition) is 5. The molecule has 0 spiro atoms. The van der Waals surface area contributed by atoms with E-state index in [4.69, 9.17) is 20.5 Å². The van der Waals surface area contributed by atoms with Crippen LogP contribution in [0.3, 0.4) is 0 Å². The van der Waals surface area contributed by atoms with Gasteiger partial charge in [-0.25, -0.2) is 4.98 Å². The molecule has 0 atom stereocenters. The average molecular weight is 244 g/mol. The summed E-state index contributed by atoms with van der Waals surface area (Å²) in [7, 11) is -1.59. The normalized spacial score (nSPS) is 10.1. The lowest BCUT2D eigenvalue weighted by atomic mass is 9.81. The summed E-state index contributed by atoms with van der Waals surface area (Å²) in [6, 6.07) is 11.1. The summed E-state index contributed by atoms with van der Waals surface area (Å²) in [5.74, 6) is 0.555. The van der Waals surface area contributed by atoms with E-state index in [0.717, 1.165) is 5.56 Å². The van der Waals surface area contributed by atoms with Gasteiger partial charge < -0.3 is 20.5 Å². The largest absolute Gasteiger partial charge is 0.490 e. The highest BCUT2D eigenvalue weighted by molar-refractivity contribution is 6.58. The minimum absolute atomic E-state index is 0.218. The Morgan fingerprint density at radius 1 is 1.22 bits per heavy atom. The summed E-state index contributed by atoms with van der Waals surface area (Å²) in [4.78, 5) is 3.85. The second kappa shape index (κ2) is 5.53. The molecule has 0 bridgehead atoms. The molecule has 1 aromatic heterocycles. The molecule has 1 aromatic carbocycles. The van der Waals surface area contributed by atoms with Gasteiger partial charge in [0, 0.05) is 11.7 Å². The number of hydrogen-bond donors (Lipinski definition) is 3. The molecule has 4 N–H and O–H groups in total. The van der Waals surface area contributed by atoms with Crippen molar-refractivity contribution in [1.82, 2.24) is 4.98 Å². The van der Waals surface area contributed by atoms with Crippen LogP contribution in [0.15, 0.2) is 42.6 Å². The molecular weight excluding hydrogens is 231 g/mol. The third-order valence-corrected chi connectivity index (χ3v) is 2.44. The van der Waals surface area contributed by atoms with Crippen LogP contribution >= 0.6 is 0 Å². The minimum atomic E-state index is -1.59. The number of anilines is 1. The molecule has 18 heavy (non-hydrogen) atoms. The number of nitrogens with two attached hydrogens (primary N) is 1. The standard InChI is InChI=1S/C12H13BN2O3/c14-12-11(6-10(7-15-12)13(16)17)18-8-9-4-2-1-3-5-9/h1-7,16-17H,8H2,(H2,14,15). The van der Waals surface area contributed by atoms with Crippen molar-refractivity contribution in [3.8, 4) is 5.75 Å². The van der Waals surface area contributed by atoms with Gasteiger partial charge in [0.15, 0.2) is 11.6 Å². The number of rotatable bonds is 4. The lowest BCUT2D eigenvalue weighted by Gasteiger charge is -2.09. The van der Waals surface area contributed by atoms with Crippen molar-refractivity contribution in [2.75, 3.05) is 5.73 Å². The van der Waals surface area contributed by atoms with Crippen LogP contribution in [0.2, 0.25) is 0 Å². The quantitative estimate of drug-likeness (QED) is 0.655. The van der Waals surface area contributed by atoms with Gasteiger partial charge in [0.25, 0.3) is 0 Å². The van der Waals surface area contributed by atoms with Gasteiger partial charge in [-0.1, -0.05) is 30.3 Å². The van der Waals surface area contributed by atoms with Crippen molar-refractivity contribution in [3.05, 3.63) is 48.2 Å². The van der Waals surface area contributed by atoms with Crippen molar-refractivity contribution in [2.24, 2.45) is 0 Å². The fourth-order valence-electron chi connectivity index (χ4n) is 1.46. The van der Waals surface area contributed by atoms with E-state index in [2.05, 4.69) is 4.98 Å². The maximum absolute atomic E-state index is 9.04. The second-order valence-corrected chi connectivity index (χ2v) is 3.80. The lowest BCUT2D eigenvalue weighted by Crippen LogP contribution is -2.30. The predicted octanol–water partition coefficient (Wildman–Crippen LogP) is -0.0774. The van der Waals surface area contributed by atoms with Crippen molar-refractivity contribution >= 4 is 18.4 Å². The van der Waals surface area contributed by atoms with Crippen molar-refractivity contribution < 1.29 is 14.8 Å². The number of benzene rings is 1. The first-order valence-electron chi connectivity index (χ1n) is 5.45. The average Bonchev–Trinajstić information content (AvgIpc) is 2.38. The highest BCUT2D eigenvalue weighted by Crippen LogP contribution is 2.17. The monoisotopic (exact) mass is 244 g/mol. The number of nitrogen functional groups attached to an aromatic ring is 1. The Kier molecular flexibility index (Phi) is 3.81. The van der Waals surface area contributed by atoms with E-state index in [9.17, 15) is 0 Å². The van der Waals surface area contributed by atoms with E-state index in [1.54, 1.807) is 0 Å². The fourth-order valence-corrected chi connectivity index (χ4v) is 1.46. The zero-order valence-corrected chi connectivity index (χ0v) is 9.65. The van der Waals surface area contributed by atoms with Crippen LogP contribution in [0.4, 0.5) is 5.82 Å². The molecule has 0 aliphatic carbocycles. The Morgan fingerprint density at radius 2 is 1.94 bits per heavy atom. The summed E-state index contributed by atoms with van der Waals surface area (Å²) in [6.07, 6.45) is 1.30. The van der Waals surface area contributed by atoms with E-state index in [-0.39, 0.29) is 11.3 Å². The Balaban J connectivity index is 2.11. The van der Waals surface area contributed by atoms with Crippen molar-refractivity contribution in [1.29, 1.82) is 0 Å². The van der Waals surface area contributed by atoms with Gasteiger partial charge in [-0.3, -0.25) is 0 Å². The van der Waals surface area contributed by atoms with Gasteiger partial charge in [-0.05, 0) is 11.6 Å². The molecule has 2 aromatic rings. The van der Waals surface area contributed by atoms with Crippen LogP contribution in [0.1, 0.15) is 5.56 Å². The molecule has 0 amide bonds. The van der Waals surface area contributed by atoms with Crippen LogP contribution in [0, 0.1) is 0 Å². The number of aromatic nitrogens is 1. The smallest absolute Gasteiger partial charge is 0.485 e. The first-order valence-corrected chi connectivity index (χ1v) is 5.45. The maximum Gasteiger partial charge on any atom is 0.490 e. The van der Waals surface area contributed by atoms with Crippen LogP contribution < -0.4 is 15.9 Å². The SMILES string of the molecule is Nc1ncc(B(O)O)cc1OCc1ccccc1. The Bertz CT molecular complexity index is 520. The molecule has 6 heteroatoms. The molecule has 0 aliphatic rings. The van der Waals surface area contributed by atoms with Crippen LogP contribution in [0.5, 0.6) is 5.75 Å². The third kappa shape index (κ3) is 3.00. The zero-order chi connectivity index (χ0) is 13.0. The molecule has 2 rings (SSSR count). The summed E-state index contributed by atoms with van der Waals surface area (Å²) in [5, 5.41) is 18.1. The second-order valence-electron chi connectivity index (χ2n) is 3.80.